The zero-order chi connectivity index (χ0) is 17.2. The van der Waals surface area contributed by atoms with Gasteiger partial charge in [-0.3, -0.25) is 0 Å². The average molecular weight is 351 g/mol. The van der Waals surface area contributed by atoms with Crippen LogP contribution in [0.5, 0.6) is 0 Å². The number of hydrogen-bond acceptors (Lipinski definition) is 3. The fraction of sp³-hybridized carbons (Fsp3) is 0.700. The van der Waals surface area contributed by atoms with Crippen LogP contribution >= 0.6 is 11.6 Å². The standard InChI is InChI=1S/C20H31ClN2O/c1-15-5-9-20(24,10-6-15)19(16-3-2-4-17(21)13-16)14-23-11-7-18(22)8-12-23/h2-4,13,15,18-19,24H,5-12,14,22H2,1H3. The summed E-state index contributed by atoms with van der Waals surface area (Å²) in [5.74, 6) is 0.844. The van der Waals surface area contributed by atoms with Gasteiger partial charge in [-0.2, -0.15) is 0 Å². The molecule has 3 nitrogen and oxygen atoms in total. The smallest absolute Gasteiger partial charge is 0.0728 e. The van der Waals surface area contributed by atoms with Gasteiger partial charge in [0.25, 0.3) is 0 Å². The molecule has 2 fully saturated rings. The molecule has 1 aliphatic heterocycles. The highest BCUT2D eigenvalue weighted by Gasteiger charge is 2.41. The van der Waals surface area contributed by atoms with Crippen molar-refractivity contribution in [2.75, 3.05) is 19.6 Å². The van der Waals surface area contributed by atoms with Crippen molar-refractivity contribution in [3.63, 3.8) is 0 Å². The van der Waals surface area contributed by atoms with Gasteiger partial charge in [0, 0.05) is 23.5 Å². The van der Waals surface area contributed by atoms with E-state index in [9.17, 15) is 5.11 Å². The second-order valence-electron chi connectivity index (χ2n) is 8.03. The van der Waals surface area contributed by atoms with E-state index >= 15 is 0 Å². The summed E-state index contributed by atoms with van der Waals surface area (Å²) in [6, 6.07) is 8.42. The highest BCUT2D eigenvalue weighted by atomic mass is 35.5. The van der Waals surface area contributed by atoms with Gasteiger partial charge in [-0.1, -0.05) is 30.7 Å². The molecule has 1 aromatic rings. The van der Waals surface area contributed by atoms with E-state index in [1.54, 1.807) is 0 Å². The SMILES string of the molecule is CC1CCC(O)(C(CN2CCC(N)CC2)c2cccc(Cl)c2)CC1. The number of rotatable bonds is 4. The molecule has 0 amide bonds. The lowest BCUT2D eigenvalue weighted by Crippen LogP contribution is -2.48. The van der Waals surface area contributed by atoms with E-state index in [0.717, 1.165) is 69.1 Å². The number of likely N-dealkylation sites (tertiary alicyclic amines) is 1. The van der Waals surface area contributed by atoms with Crippen LogP contribution in [0, 0.1) is 5.92 Å². The topological polar surface area (TPSA) is 49.5 Å². The van der Waals surface area contributed by atoms with E-state index in [-0.39, 0.29) is 5.92 Å². The highest BCUT2D eigenvalue weighted by Crippen LogP contribution is 2.42. The Kier molecular flexibility index (Phi) is 5.86. The Hall–Kier alpha value is -0.610. The Labute approximate surface area is 151 Å². The van der Waals surface area contributed by atoms with E-state index < -0.39 is 5.60 Å². The van der Waals surface area contributed by atoms with Crippen molar-refractivity contribution in [2.45, 2.75) is 63.0 Å². The predicted molar refractivity (Wildman–Crippen MR) is 100 cm³/mol. The number of aliphatic hydroxyl groups is 1. The van der Waals surface area contributed by atoms with E-state index in [2.05, 4.69) is 17.9 Å². The highest BCUT2D eigenvalue weighted by molar-refractivity contribution is 6.30. The number of nitrogens with two attached hydrogens (primary N) is 1. The number of hydrogen-bond donors (Lipinski definition) is 2. The summed E-state index contributed by atoms with van der Waals surface area (Å²) in [5.41, 5.74) is 6.61. The Morgan fingerprint density at radius 1 is 1.25 bits per heavy atom. The molecule has 1 aliphatic carbocycles. The molecule has 0 bridgehead atoms. The van der Waals surface area contributed by atoms with Crippen LogP contribution in [0.2, 0.25) is 5.02 Å². The molecule has 1 heterocycles. The molecule has 24 heavy (non-hydrogen) atoms. The third-order valence-electron chi connectivity index (χ3n) is 6.11. The molecule has 2 aliphatic rings. The van der Waals surface area contributed by atoms with Crippen LogP contribution in [-0.4, -0.2) is 41.3 Å². The maximum absolute atomic E-state index is 11.5. The van der Waals surface area contributed by atoms with Crippen LogP contribution in [0.25, 0.3) is 0 Å². The molecule has 0 radical (unpaired) electrons. The van der Waals surface area contributed by atoms with Gasteiger partial charge in [0.1, 0.15) is 0 Å². The normalized spacial score (nSPS) is 31.1. The van der Waals surface area contributed by atoms with Crippen LogP contribution < -0.4 is 5.73 Å². The largest absolute Gasteiger partial charge is 0.389 e. The molecule has 3 rings (SSSR count). The van der Waals surface area contributed by atoms with Crippen molar-refractivity contribution in [3.05, 3.63) is 34.9 Å². The summed E-state index contributed by atoms with van der Waals surface area (Å²) < 4.78 is 0. The minimum absolute atomic E-state index is 0.123. The summed E-state index contributed by atoms with van der Waals surface area (Å²) in [6.07, 6.45) is 6.10. The third-order valence-corrected chi connectivity index (χ3v) is 6.35. The van der Waals surface area contributed by atoms with E-state index in [1.807, 2.05) is 18.2 Å². The first-order valence-electron chi connectivity index (χ1n) is 9.42. The number of halogens is 1. The third kappa shape index (κ3) is 4.32. The first-order chi connectivity index (χ1) is 11.5. The molecular weight excluding hydrogens is 320 g/mol. The number of nitrogens with zero attached hydrogens (tertiary/aromatic N) is 1. The van der Waals surface area contributed by atoms with Crippen LogP contribution in [0.4, 0.5) is 0 Å². The minimum Gasteiger partial charge on any atom is -0.389 e. The van der Waals surface area contributed by atoms with Crippen LogP contribution in [0.3, 0.4) is 0 Å². The van der Waals surface area contributed by atoms with Crippen LogP contribution in [0.15, 0.2) is 24.3 Å². The predicted octanol–water partition coefficient (Wildman–Crippen LogP) is 3.79. The molecule has 0 spiro atoms. The van der Waals surface area contributed by atoms with Gasteiger partial charge in [-0.05, 0) is 75.2 Å². The van der Waals surface area contributed by atoms with Gasteiger partial charge < -0.3 is 15.7 Å². The van der Waals surface area contributed by atoms with Gasteiger partial charge >= 0.3 is 0 Å². The quantitative estimate of drug-likeness (QED) is 0.868. The van der Waals surface area contributed by atoms with Crippen LogP contribution in [0.1, 0.15) is 56.9 Å². The molecule has 134 valence electrons. The van der Waals surface area contributed by atoms with Crippen molar-refractivity contribution >= 4 is 11.6 Å². The number of benzene rings is 1. The van der Waals surface area contributed by atoms with Gasteiger partial charge in [0.05, 0.1) is 5.60 Å². The second kappa shape index (κ2) is 7.74. The Morgan fingerprint density at radius 3 is 2.54 bits per heavy atom. The first-order valence-corrected chi connectivity index (χ1v) is 9.80. The zero-order valence-electron chi connectivity index (χ0n) is 14.8. The molecule has 3 N–H and O–H groups in total. The van der Waals surface area contributed by atoms with Gasteiger partial charge in [0.2, 0.25) is 0 Å². The minimum atomic E-state index is -0.614. The maximum Gasteiger partial charge on any atom is 0.0728 e. The monoisotopic (exact) mass is 350 g/mol. The zero-order valence-corrected chi connectivity index (χ0v) is 15.5. The average Bonchev–Trinajstić information content (AvgIpc) is 2.57. The van der Waals surface area contributed by atoms with Gasteiger partial charge in [-0.25, -0.2) is 0 Å². The van der Waals surface area contributed by atoms with Crippen molar-refractivity contribution in [3.8, 4) is 0 Å². The van der Waals surface area contributed by atoms with E-state index in [0.29, 0.717) is 6.04 Å². The fourth-order valence-corrected chi connectivity index (χ4v) is 4.51. The molecule has 1 unspecified atom stereocenters. The Morgan fingerprint density at radius 2 is 1.92 bits per heavy atom. The number of piperidine rings is 1. The summed E-state index contributed by atoms with van der Waals surface area (Å²) in [5, 5.41) is 12.2. The Balaban J connectivity index is 1.81. The molecule has 0 aromatic heterocycles. The van der Waals surface area contributed by atoms with Crippen molar-refractivity contribution in [1.29, 1.82) is 0 Å². The summed E-state index contributed by atoms with van der Waals surface area (Å²) in [6.45, 7) is 5.26. The molecular formula is C20H31ClN2O. The van der Waals surface area contributed by atoms with Crippen molar-refractivity contribution in [1.82, 2.24) is 4.90 Å². The lowest BCUT2D eigenvalue weighted by molar-refractivity contribution is -0.0412. The lowest BCUT2D eigenvalue weighted by atomic mass is 9.70. The summed E-state index contributed by atoms with van der Waals surface area (Å²) in [7, 11) is 0. The molecule has 1 saturated carbocycles. The second-order valence-corrected chi connectivity index (χ2v) is 8.47. The molecule has 1 saturated heterocycles. The molecule has 1 atom stereocenters. The summed E-state index contributed by atoms with van der Waals surface area (Å²) >= 11 is 6.25. The molecule has 1 aromatic carbocycles. The molecule has 4 heteroatoms. The van der Waals surface area contributed by atoms with Crippen molar-refractivity contribution < 1.29 is 5.11 Å². The van der Waals surface area contributed by atoms with E-state index in [1.165, 1.54) is 5.56 Å². The van der Waals surface area contributed by atoms with Gasteiger partial charge in [0.15, 0.2) is 0 Å². The van der Waals surface area contributed by atoms with E-state index in [4.69, 9.17) is 17.3 Å². The maximum atomic E-state index is 11.5. The Bertz CT molecular complexity index is 534. The van der Waals surface area contributed by atoms with Crippen molar-refractivity contribution in [2.24, 2.45) is 11.7 Å². The lowest BCUT2D eigenvalue weighted by Gasteiger charge is -2.44. The summed E-state index contributed by atoms with van der Waals surface area (Å²) in [4.78, 5) is 2.48. The van der Waals surface area contributed by atoms with Gasteiger partial charge in [-0.15, -0.1) is 0 Å². The fourth-order valence-electron chi connectivity index (χ4n) is 4.31. The first kappa shape index (κ1) is 18.2. The van der Waals surface area contributed by atoms with Crippen LogP contribution in [-0.2, 0) is 0 Å².